The second-order valence-corrected chi connectivity index (χ2v) is 11.4. The number of fused-ring (bicyclic) bond motifs is 1. The predicted molar refractivity (Wildman–Crippen MR) is 135 cm³/mol. The SMILES string of the molecule is CC1CN(c2ncccc2C(=O)NS(=O)(=O)c2cccc(-n3cc4ccc(F)cc4c3)n2)C(C)(C)C1. The van der Waals surface area contributed by atoms with Gasteiger partial charge in [-0.25, -0.2) is 19.1 Å². The molecule has 36 heavy (non-hydrogen) atoms. The van der Waals surface area contributed by atoms with Crippen molar-refractivity contribution in [2.24, 2.45) is 5.92 Å². The number of halogens is 1. The lowest BCUT2D eigenvalue weighted by atomic mass is 9.97. The van der Waals surface area contributed by atoms with Gasteiger partial charge < -0.3 is 9.47 Å². The lowest BCUT2D eigenvalue weighted by Crippen LogP contribution is -2.41. The van der Waals surface area contributed by atoms with Crippen LogP contribution in [0.3, 0.4) is 0 Å². The fraction of sp³-hybridized carbons (Fsp3) is 0.269. The first-order chi connectivity index (χ1) is 17.0. The highest BCUT2D eigenvalue weighted by atomic mass is 32.2. The maximum atomic E-state index is 13.6. The van der Waals surface area contributed by atoms with E-state index in [2.05, 4.69) is 40.4 Å². The van der Waals surface area contributed by atoms with E-state index < -0.39 is 15.9 Å². The van der Waals surface area contributed by atoms with E-state index in [1.165, 1.54) is 24.3 Å². The van der Waals surface area contributed by atoms with Crippen LogP contribution in [0.4, 0.5) is 10.2 Å². The van der Waals surface area contributed by atoms with Crippen molar-refractivity contribution in [1.82, 2.24) is 19.3 Å². The van der Waals surface area contributed by atoms with E-state index in [9.17, 15) is 17.6 Å². The van der Waals surface area contributed by atoms with Crippen LogP contribution < -0.4 is 9.62 Å². The summed E-state index contributed by atoms with van der Waals surface area (Å²) >= 11 is 0. The van der Waals surface area contributed by atoms with Gasteiger partial charge in [0.1, 0.15) is 17.5 Å². The smallest absolute Gasteiger partial charge is 0.281 e. The minimum atomic E-state index is -4.29. The Morgan fingerprint density at radius 2 is 1.89 bits per heavy atom. The monoisotopic (exact) mass is 507 g/mol. The van der Waals surface area contributed by atoms with Crippen molar-refractivity contribution >= 4 is 32.5 Å². The summed E-state index contributed by atoms with van der Waals surface area (Å²) in [5.41, 5.74) is -0.0427. The molecule has 1 saturated heterocycles. The third-order valence-corrected chi connectivity index (χ3v) is 7.67. The van der Waals surface area contributed by atoms with E-state index in [1.54, 1.807) is 47.4 Å². The van der Waals surface area contributed by atoms with Gasteiger partial charge in [0.2, 0.25) is 0 Å². The second-order valence-electron chi connectivity index (χ2n) is 9.81. The van der Waals surface area contributed by atoms with Gasteiger partial charge >= 0.3 is 0 Å². The Morgan fingerprint density at radius 1 is 1.11 bits per heavy atom. The second kappa shape index (κ2) is 8.70. The van der Waals surface area contributed by atoms with Gasteiger partial charge in [0.05, 0.1) is 5.56 Å². The number of nitrogens with zero attached hydrogens (tertiary/aromatic N) is 4. The molecule has 1 amide bonds. The van der Waals surface area contributed by atoms with Crippen molar-refractivity contribution in [3.8, 4) is 5.82 Å². The molecule has 0 spiro atoms. The van der Waals surface area contributed by atoms with Gasteiger partial charge in [0.25, 0.3) is 15.9 Å². The molecule has 1 fully saturated rings. The molecule has 0 saturated carbocycles. The number of amides is 1. The number of nitrogens with one attached hydrogen (secondary N) is 1. The standard InChI is InChI=1S/C26H26FN5O3S/c1-17-13-26(2,3)32(14-17)24-21(6-5-11-28-24)25(33)30-36(34,35)23-8-4-7-22(29-23)31-15-18-9-10-20(27)12-19(18)16-31/h4-12,15-17H,13-14H2,1-3H3,(H,30,33). The van der Waals surface area contributed by atoms with Crippen LogP contribution in [0.1, 0.15) is 37.6 Å². The number of hydrogen-bond donors (Lipinski definition) is 1. The summed E-state index contributed by atoms with van der Waals surface area (Å²) in [7, 11) is -4.29. The molecular weight excluding hydrogens is 481 g/mol. The molecular formula is C26H26FN5O3S. The molecule has 1 aromatic carbocycles. The Balaban J connectivity index is 1.44. The highest BCUT2D eigenvalue weighted by Gasteiger charge is 2.39. The number of carbonyl (C=O) groups excluding carboxylic acids is 1. The summed E-state index contributed by atoms with van der Waals surface area (Å²) < 4.78 is 43.6. The number of aromatic nitrogens is 3. The first kappa shape index (κ1) is 23.9. The third-order valence-electron chi connectivity index (χ3n) is 6.44. The molecule has 0 aliphatic carbocycles. The molecule has 186 valence electrons. The van der Waals surface area contributed by atoms with Gasteiger partial charge in [-0.15, -0.1) is 0 Å². The van der Waals surface area contributed by atoms with Crippen molar-refractivity contribution in [2.75, 3.05) is 11.4 Å². The zero-order chi connectivity index (χ0) is 25.7. The van der Waals surface area contributed by atoms with Gasteiger partial charge in [-0.05, 0) is 68.7 Å². The first-order valence-corrected chi connectivity index (χ1v) is 13.1. The van der Waals surface area contributed by atoms with Crippen LogP contribution in [-0.2, 0) is 10.0 Å². The van der Waals surface area contributed by atoms with Crippen LogP contribution in [0.15, 0.2) is 72.1 Å². The van der Waals surface area contributed by atoms with Gasteiger partial charge in [-0.3, -0.25) is 4.79 Å². The number of sulfonamides is 1. The molecule has 1 unspecified atom stereocenters. The largest absolute Gasteiger partial charge is 0.351 e. The summed E-state index contributed by atoms with van der Waals surface area (Å²) in [6.07, 6.45) is 5.92. The maximum absolute atomic E-state index is 13.6. The van der Waals surface area contributed by atoms with E-state index in [4.69, 9.17) is 0 Å². The summed E-state index contributed by atoms with van der Waals surface area (Å²) in [6, 6.07) is 12.0. The number of benzene rings is 1. The average molecular weight is 508 g/mol. The van der Waals surface area contributed by atoms with E-state index in [1.807, 2.05) is 0 Å². The lowest BCUT2D eigenvalue weighted by Gasteiger charge is -2.33. The molecule has 1 atom stereocenters. The zero-order valence-corrected chi connectivity index (χ0v) is 21.0. The van der Waals surface area contributed by atoms with Crippen molar-refractivity contribution in [2.45, 2.75) is 37.8 Å². The Labute approximate surface area is 208 Å². The number of carbonyl (C=O) groups is 1. The molecule has 1 N–H and O–H groups in total. The first-order valence-electron chi connectivity index (χ1n) is 11.6. The van der Waals surface area contributed by atoms with Crippen LogP contribution in [0.2, 0.25) is 0 Å². The molecule has 3 aromatic heterocycles. The van der Waals surface area contributed by atoms with E-state index in [0.717, 1.165) is 18.4 Å². The van der Waals surface area contributed by atoms with Crippen molar-refractivity contribution in [3.63, 3.8) is 0 Å². The molecule has 10 heteroatoms. The van der Waals surface area contributed by atoms with Crippen molar-refractivity contribution in [3.05, 3.63) is 78.5 Å². The van der Waals surface area contributed by atoms with E-state index >= 15 is 0 Å². The van der Waals surface area contributed by atoms with E-state index in [0.29, 0.717) is 22.9 Å². The van der Waals surface area contributed by atoms with Crippen LogP contribution >= 0.6 is 0 Å². The Kier molecular flexibility index (Phi) is 5.78. The third kappa shape index (κ3) is 4.44. The quantitative estimate of drug-likeness (QED) is 0.433. The minimum absolute atomic E-state index is 0.179. The predicted octanol–water partition coefficient (Wildman–Crippen LogP) is 4.30. The van der Waals surface area contributed by atoms with Gasteiger partial charge in [0, 0.05) is 41.4 Å². The number of hydrogen-bond acceptors (Lipinski definition) is 6. The number of pyridine rings is 2. The Bertz CT molecular complexity index is 1580. The van der Waals surface area contributed by atoms with Gasteiger partial charge in [-0.1, -0.05) is 13.0 Å². The Morgan fingerprint density at radius 3 is 2.64 bits per heavy atom. The van der Waals surface area contributed by atoms with Gasteiger partial charge in [-0.2, -0.15) is 8.42 Å². The minimum Gasteiger partial charge on any atom is -0.351 e. The highest BCUT2D eigenvalue weighted by Crippen LogP contribution is 2.37. The molecule has 1 aliphatic heterocycles. The topological polar surface area (TPSA) is 97.2 Å². The maximum Gasteiger partial charge on any atom is 0.281 e. The summed E-state index contributed by atoms with van der Waals surface area (Å²) in [4.78, 5) is 23.9. The molecule has 4 aromatic rings. The van der Waals surface area contributed by atoms with Crippen molar-refractivity contribution in [1.29, 1.82) is 0 Å². The number of anilines is 1. The van der Waals surface area contributed by atoms with Crippen LogP contribution in [0.5, 0.6) is 0 Å². The molecule has 4 heterocycles. The fourth-order valence-corrected chi connectivity index (χ4v) is 5.85. The Hall–Kier alpha value is -3.79. The lowest BCUT2D eigenvalue weighted by molar-refractivity contribution is 0.0981. The van der Waals surface area contributed by atoms with Crippen molar-refractivity contribution < 1.29 is 17.6 Å². The summed E-state index contributed by atoms with van der Waals surface area (Å²) in [5.74, 6) is 0.0383. The molecule has 1 aliphatic rings. The number of rotatable bonds is 5. The summed E-state index contributed by atoms with van der Waals surface area (Å²) in [5, 5.41) is 1.13. The zero-order valence-electron chi connectivity index (χ0n) is 20.1. The molecule has 5 rings (SSSR count). The molecule has 0 bridgehead atoms. The van der Waals surface area contributed by atoms with Crippen LogP contribution in [-0.4, -0.2) is 40.9 Å². The van der Waals surface area contributed by atoms with Crippen LogP contribution in [0.25, 0.3) is 16.6 Å². The average Bonchev–Trinajstić information content (AvgIpc) is 3.37. The van der Waals surface area contributed by atoms with E-state index in [-0.39, 0.29) is 21.9 Å². The molecule has 0 radical (unpaired) electrons. The highest BCUT2D eigenvalue weighted by molar-refractivity contribution is 7.90. The van der Waals surface area contributed by atoms with Gasteiger partial charge in [0.15, 0.2) is 5.03 Å². The fourth-order valence-electron chi connectivity index (χ4n) is 4.92. The summed E-state index contributed by atoms with van der Waals surface area (Å²) in [6.45, 7) is 7.02. The normalized spacial score (nSPS) is 17.4. The van der Waals surface area contributed by atoms with Crippen LogP contribution in [0, 0.1) is 11.7 Å². The molecule has 8 nitrogen and oxygen atoms in total.